The monoisotopic (exact) mass is 420 g/mol. The number of aryl methyl sites for hydroxylation is 2. The Morgan fingerprint density at radius 1 is 0.933 bits per heavy atom. The highest BCUT2D eigenvalue weighted by Gasteiger charge is 2.09. The molecule has 8 heteroatoms. The third-order valence-corrected chi connectivity index (χ3v) is 4.61. The maximum absolute atomic E-state index is 6.07. The number of hydrogen-bond acceptors (Lipinski definition) is 6. The number of methoxy groups -OCH3 is 1. The minimum atomic E-state index is 0.479. The Balaban J connectivity index is 1.58. The highest BCUT2D eigenvalue weighted by atomic mass is 35.5. The van der Waals surface area contributed by atoms with E-state index < -0.39 is 0 Å². The van der Waals surface area contributed by atoms with Crippen LogP contribution in [0.15, 0.2) is 61.1 Å². The van der Waals surface area contributed by atoms with Gasteiger partial charge in [0.25, 0.3) is 0 Å². The molecule has 0 fully saturated rings. The molecule has 0 bridgehead atoms. The van der Waals surface area contributed by atoms with Gasteiger partial charge >= 0.3 is 0 Å². The molecule has 152 valence electrons. The number of rotatable bonds is 6. The number of aromatic nitrogens is 4. The van der Waals surface area contributed by atoms with Crippen LogP contribution in [0.5, 0.6) is 5.75 Å². The quantitative estimate of drug-likeness (QED) is 0.433. The molecule has 0 atom stereocenters. The van der Waals surface area contributed by atoms with Gasteiger partial charge < -0.3 is 19.9 Å². The minimum absolute atomic E-state index is 0.479. The standard InChI is InChI=1S/C22H21ClN6O/c1-14-9-21(26-17-6-4-5-16(23)10-17)28-22(25-14)27-18-7-8-19(20(11-18)30-3)29-12-15(2)24-13-29/h4-13H,1-3H3,(H2,25,26,27,28). The molecule has 2 aromatic carbocycles. The second-order valence-electron chi connectivity index (χ2n) is 6.79. The van der Waals surface area contributed by atoms with E-state index in [1.54, 1.807) is 13.4 Å². The van der Waals surface area contributed by atoms with Crippen LogP contribution in [-0.2, 0) is 0 Å². The Bertz CT molecular complexity index is 1190. The number of benzene rings is 2. The Morgan fingerprint density at radius 3 is 2.50 bits per heavy atom. The number of hydrogen-bond donors (Lipinski definition) is 2. The Morgan fingerprint density at radius 2 is 1.77 bits per heavy atom. The first kappa shape index (κ1) is 19.7. The molecule has 0 saturated heterocycles. The van der Waals surface area contributed by atoms with Gasteiger partial charge in [-0.15, -0.1) is 0 Å². The zero-order chi connectivity index (χ0) is 21.1. The lowest BCUT2D eigenvalue weighted by atomic mass is 10.2. The summed E-state index contributed by atoms with van der Waals surface area (Å²) in [6.45, 7) is 3.87. The summed E-state index contributed by atoms with van der Waals surface area (Å²) in [5.41, 5.74) is 4.33. The largest absolute Gasteiger partial charge is 0.494 e. The third kappa shape index (κ3) is 4.52. The molecule has 0 radical (unpaired) electrons. The lowest BCUT2D eigenvalue weighted by Gasteiger charge is -2.13. The molecular weight excluding hydrogens is 400 g/mol. The Hall–Kier alpha value is -3.58. The van der Waals surface area contributed by atoms with Gasteiger partial charge in [0.05, 0.1) is 24.8 Å². The van der Waals surface area contributed by atoms with Gasteiger partial charge in [-0.3, -0.25) is 0 Å². The van der Waals surface area contributed by atoms with Crippen LogP contribution in [-0.4, -0.2) is 26.6 Å². The molecular formula is C22H21ClN6O. The van der Waals surface area contributed by atoms with Crippen molar-refractivity contribution < 1.29 is 4.74 Å². The van der Waals surface area contributed by atoms with Crippen molar-refractivity contribution in [1.82, 2.24) is 19.5 Å². The van der Waals surface area contributed by atoms with Gasteiger partial charge in [-0.2, -0.15) is 4.98 Å². The van der Waals surface area contributed by atoms with Crippen LogP contribution in [0.4, 0.5) is 23.1 Å². The molecule has 0 aliphatic carbocycles. The van der Waals surface area contributed by atoms with E-state index in [1.165, 1.54) is 0 Å². The first-order valence-corrected chi connectivity index (χ1v) is 9.72. The van der Waals surface area contributed by atoms with E-state index in [0.717, 1.165) is 28.5 Å². The predicted octanol–water partition coefficient (Wildman–Crippen LogP) is 5.43. The molecule has 2 N–H and O–H groups in total. The van der Waals surface area contributed by atoms with Crippen molar-refractivity contribution in [2.75, 3.05) is 17.7 Å². The van der Waals surface area contributed by atoms with Crippen LogP contribution >= 0.6 is 11.6 Å². The number of anilines is 4. The van der Waals surface area contributed by atoms with Crippen molar-refractivity contribution in [1.29, 1.82) is 0 Å². The summed E-state index contributed by atoms with van der Waals surface area (Å²) in [5.74, 6) is 1.86. The van der Waals surface area contributed by atoms with Crippen molar-refractivity contribution in [3.05, 3.63) is 77.5 Å². The van der Waals surface area contributed by atoms with E-state index in [0.29, 0.717) is 22.5 Å². The van der Waals surface area contributed by atoms with Gasteiger partial charge in [-0.25, -0.2) is 9.97 Å². The second kappa shape index (κ2) is 8.42. The van der Waals surface area contributed by atoms with Gasteiger partial charge in [0.1, 0.15) is 11.6 Å². The summed E-state index contributed by atoms with van der Waals surface area (Å²) in [7, 11) is 1.64. The number of ether oxygens (including phenoxy) is 1. The van der Waals surface area contributed by atoms with Crippen molar-refractivity contribution in [3.8, 4) is 11.4 Å². The number of halogens is 1. The molecule has 30 heavy (non-hydrogen) atoms. The van der Waals surface area contributed by atoms with Crippen molar-refractivity contribution >= 4 is 34.7 Å². The van der Waals surface area contributed by atoms with Crippen LogP contribution in [0.2, 0.25) is 5.02 Å². The zero-order valence-corrected chi connectivity index (χ0v) is 17.6. The maximum Gasteiger partial charge on any atom is 0.229 e. The predicted molar refractivity (Wildman–Crippen MR) is 120 cm³/mol. The molecule has 7 nitrogen and oxygen atoms in total. The summed E-state index contributed by atoms with van der Waals surface area (Å²) in [6.07, 6.45) is 3.71. The molecule has 2 aromatic heterocycles. The molecule has 4 aromatic rings. The number of nitrogens with one attached hydrogen (secondary N) is 2. The summed E-state index contributed by atoms with van der Waals surface area (Å²) in [4.78, 5) is 13.3. The second-order valence-corrected chi connectivity index (χ2v) is 7.22. The first-order valence-electron chi connectivity index (χ1n) is 9.34. The molecule has 0 aliphatic rings. The number of nitrogens with zero attached hydrogens (tertiary/aromatic N) is 4. The van der Waals surface area contributed by atoms with Crippen LogP contribution in [0, 0.1) is 13.8 Å². The summed E-state index contributed by atoms with van der Waals surface area (Å²) in [6, 6.07) is 15.2. The Labute approximate surface area is 179 Å². The average molecular weight is 421 g/mol. The van der Waals surface area contributed by atoms with E-state index in [1.807, 2.05) is 73.1 Å². The van der Waals surface area contributed by atoms with E-state index in [-0.39, 0.29) is 0 Å². The van der Waals surface area contributed by atoms with Crippen molar-refractivity contribution in [2.24, 2.45) is 0 Å². The Kier molecular flexibility index (Phi) is 5.54. The normalized spacial score (nSPS) is 10.7. The SMILES string of the molecule is COc1cc(Nc2nc(C)cc(Nc3cccc(Cl)c3)n2)ccc1-n1cnc(C)c1. The minimum Gasteiger partial charge on any atom is -0.494 e. The van der Waals surface area contributed by atoms with E-state index in [9.17, 15) is 0 Å². The van der Waals surface area contributed by atoms with Crippen LogP contribution in [0.25, 0.3) is 5.69 Å². The molecule has 0 spiro atoms. The van der Waals surface area contributed by atoms with Crippen LogP contribution in [0.3, 0.4) is 0 Å². The van der Waals surface area contributed by atoms with Gasteiger partial charge in [0, 0.05) is 40.4 Å². The topological polar surface area (TPSA) is 76.9 Å². The fraction of sp³-hybridized carbons (Fsp3) is 0.136. The number of imidazole rings is 1. The smallest absolute Gasteiger partial charge is 0.229 e. The van der Waals surface area contributed by atoms with Gasteiger partial charge in [-0.1, -0.05) is 17.7 Å². The molecule has 0 unspecified atom stereocenters. The van der Waals surface area contributed by atoms with Gasteiger partial charge in [0.2, 0.25) is 5.95 Å². The fourth-order valence-corrected chi connectivity index (χ4v) is 3.24. The highest BCUT2D eigenvalue weighted by molar-refractivity contribution is 6.30. The van der Waals surface area contributed by atoms with Crippen molar-refractivity contribution in [3.63, 3.8) is 0 Å². The zero-order valence-electron chi connectivity index (χ0n) is 16.8. The van der Waals surface area contributed by atoms with E-state index >= 15 is 0 Å². The summed E-state index contributed by atoms with van der Waals surface area (Å²) in [5, 5.41) is 7.16. The summed E-state index contributed by atoms with van der Waals surface area (Å²) >= 11 is 6.07. The lowest BCUT2D eigenvalue weighted by molar-refractivity contribution is 0.413. The first-order chi connectivity index (χ1) is 14.5. The van der Waals surface area contributed by atoms with Crippen LogP contribution < -0.4 is 15.4 Å². The molecule has 0 saturated carbocycles. The van der Waals surface area contributed by atoms with Gasteiger partial charge in [-0.05, 0) is 44.2 Å². The van der Waals surface area contributed by atoms with E-state index in [4.69, 9.17) is 16.3 Å². The molecule has 4 rings (SSSR count). The fourth-order valence-electron chi connectivity index (χ4n) is 3.05. The lowest BCUT2D eigenvalue weighted by Crippen LogP contribution is -2.03. The van der Waals surface area contributed by atoms with Crippen LogP contribution in [0.1, 0.15) is 11.4 Å². The van der Waals surface area contributed by atoms with Gasteiger partial charge in [0.15, 0.2) is 0 Å². The maximum atomic E-state index is 6.07. The van der Waals surface area contributed by atoms with E-state index in [2.05, 4.69) is 25.6 Å². The third-order valence-electron chi connectivity index (χ3n) is 4.38. The summed E-state index contributed by atoms with van der Waals surface area (Å²) < 4.78 is 7.50. The molecule has 0 aliphatic heterocycles. The average Bonchev–Trinajstić information content (AvgIpc) is 3.13. The molecule has 2 heterocycles. The molecule has 0 amide bonds. The van der Waals surface area contributed by atoms with Crippen molar-refractivity contribution in [2.45, 2.75) is 13.8 Å². The highest BCUT2D eigenvalue weighted by Crippen LogP contribution is 2.28.